The molecule has 1 saturated heterocycles. The molecule has 0 atom stereocenters. The van der Waals surface area contributed by atoms with Gasteiger partial charge in [-0.3, -0.25) is 4.79 Å². The van der Waals surface area contributed by atoms with Crippen LogP contribution < -0.4 is 19.7 Å². The summed E-state index contributed by atoms with van der Waals surface area (Å²) in [6, 6.07) is 7.29. The predicted molar refractivity (Wildman–Crippen MR) is 127 cm³/mol. The Balaban J connectivity index is 1.46. The fraction of sp³-hybridized carbons (Fsp3) is 0.417. The summed E-state index contributed by atoms with van der Waals surface area (Å²) in [4.78, 5) is 23.8. The van der Waals surface area contributed by atoms with Gasteiger partial charge in [-0.1, -0.05) is 0 Å². The molecule has 9 heteroatoms. The molecule has 9 nitrogen and oxygen atoms in total. The third-order valence-electron chi connectivity index (χ3n) is 6.01. The van der Waals surface area contributed by atoms with Gasteiger partial charge in [0, 0.05) is 37.3 Å². The molecular weight excluding hydrogens is 420 g/mol. The van der Waals surface area contributed by atoms with E-state index < -0.39 is 0 Å². The van der Waals surface area contributed by atoms with Crippen LogP contribution in [0.4, 0.5) is 11.5 Å². The second-order valence-electron chi connectivity index (χ2n) is 8.10. The number of hydrogen-bond acceptors (Lipinski definition) is 7. The van der Waals surface area contributed by atoms with Gasteiger partial charge in [0.15, 0.2) is 5.82 Å². The van der Waals surface area contributed by atoms with Crippen molar-refractivity contribution in [2.75, 3.05) is 37.5 Å². The first-order chi connectivity index (χ1) is 16.0. The second kappa shape index (κ2) is 9.89. The number of carbonyl (C=O) groups is 1. The number of hydrogen-bond donors (Lipinski definition) is 1. The van der Waals surface area contributed by atoms with Crippen molar-refractivity contribution in [3.63, 3.8) is 0 Å². The average molecular weight is 451 g/mol. The Kier molecular flexibility index (Phi) is 6.76. The number of benzene rings is 1. The SMILES string of the molecule is COc1ccc(NC(=O)CCc2c(C)nn(-c3cc(N4CCCC4)ncn3)c2C)c(OC)c1. The van der Waals surface area contributed by atoms with Gasteiger partial charge < -0.3 is 19.7 Å². The van der Waals surface area contributed by atoms with Crippen molar-refractivity contribution in [1.82, 2.24) is 19.7 Å². The topological polar surface area (TPSA) is 94.4 Å². The number of amides is 1. The van der Waals surface area contributed by atoms with Crippen molar-refractivity contribution in [3.8, 4) is 17.3 Å². The Labute approximate surface area is 193 Å². The Morgan fingerprint density at radius 2 is 1.82 bits per heavy atom. The lowest BCUT2D eigenvalue weighted by Gasteiger charge is -2.16. The van der Waals surface area contributed by atoms with Gasteiger partial charge >= 0.3 is 0 Å². The molecule has 33 heavy (non-hydrogen) atoms. The number of aryl methyl sites for hydroxylation is 1. The number of rotatable bonds is 8. The van der Waals surface area contributed by atoms with Crippen LogP contribution in [0.5, 0.6) is 11.5 Å². The smallest absolute Gasteiger partial charge is 0.224 e. The monoisotopic (exact) mass is 450 g/mol. The lowest BCUT2D eigenvalue weighted by atomic mass is 10.1. The van der Waals surface area contributed by atoms with Gasteiger partial charge in [0.1, 0.15) is 23.6 Å². The summed E-state index contributed by atoms with van der Waals surface area (Å²) in [7, 11) is 3.15. The van der Waals surface area contributed by atoms with Crippen molar-refractivity contribution in [2.24, 2.45) is 0 Å². The zero-order valence-corrected chi connectivity index (χ0v) is 19.6. The minimum Gasteiger partial charge on any atom is -0.497 e. The number of carbonyl (C=O) groups excluding carboxylic acids is 1. The second-order valence-corrected chi connectivity index (χ2v) is 8.10. The summed E-state index contributed by atoms with van der Waals surface area (Å²) in [5, 5.41) is 7.63. The zero-order chi connectivity index (χ0) is 23.4. The number of nitrogens with zero attached hydrogens (tertiary/aromatic N) is 5. The van der Waals surface area contributed by atoms with Crippen molar-refractivity contribution in [1.29, 1.82) is 0 Å². The molecule has 0 aliphatic carbocycles. The molecule has 0 unspecified atom stereocenters. The minimum absolute atomic E-state index is 0.0941. The first kappa shape index (κ1) is 22.6. The summed E-state index contributed by atoms with van der Waals surface area (Å²) in [5.74, 6) is 2.80. The minimum atomic E-state index is -0.0941. The van der Waals surface area contributed by atoms with Gasteiger partial charge in [0.05, 0.1) is 25.6 Å². The summed E-state index contributed by atoms with van der Waals surface area (Å²) in [5.41, 5.74) is 3.54. The van der Waals surface area contributed by atoms with E-state index in [4.69, 9.17) is 14.6 Å². The van der Waals surface area contributed by atoms with Crippen LogP contribution in [0.25, 0.3) is 5.82 Å². The van der Waals surface area contributed by atoms with Crippen molar-refractivity contribution < 1.29 is 14.3 Å². The maximum Gasteiger partial charge on any atom is 0.224 e. The molecule has 1 aliphatic rings. The molecule has 1 N–H and O–H groups in total. The molecule has 3 heterocycles. The average Bonchev–Trinajstić information content (AvgIpc) is 3.46. The number of anilines is 2. The number of nitrogens with one attached hydrogen (secondary N) is 1. The predicted octanol–water partition coefficient (Wildman–Crippen LogP) is 3.47. The van der Waals surface area contributed by atoms with Gasteiger partial charge in [-0.15, -0.1) is 0 Å². The number of ether oxygens (including phenoxy) is 2. The maximum absolute atomic E-state index is 12.6. The van der Waals surface area contributed by atoms with Gasteiger partial charge in [-0.2, -0.15) is 5.10 Å². The van der Waals surface area contributed by atoms with Crippen LogP contribution in [0.1, 0.15) is 36.2 Å². The van der Waals surface area contributed by atoms with E-state index in [1.165, 1.54) is 12.8 Å². The maximum atomic E-state index is 12.6. The number of aromatic nitrogens is 4. The molecule has 1 aromatic carbocycles. The molecule has 2 aromatic heterocycles. The summed E-state index contributed by atoms with van der Waals surface area (Å²) >= 11 is 0. The van der Waals surface area contributed by atoms with Gasteiger partial charge in [-0.25, -0.2) is 14.6 Å². The van der Waals surface area contributed by atoms with Crippen LogP contribution >= 0.6 is 0 Å². The first-order valence-electron chi connectivity index (χ1n) is 11.1. The van der Waals surface area contributed by atoms with Gasteiger partial charge in [0.25, 0.3) is 0 Å². The molecule has 0 spiro atoms. The molecule has 0 saturated carbocycles. The fourth-order valence-electron chi connectivity index (χ4n) is 4.19. The summed E-state index contributed by atoms with van der Waals surface area (Å²) in [6.07, 6.45) is 4.87. The highest BCUT2D eigenvalue weighted by Gasteiger charge is 2.18. The lowest BCUT2D eigenvalue weighted by Crippen LogP contribution is -2.19. The van der Waals surface area contributed by atoms with E-state index in [1.54, 1.807) is 38.7 Å². The van der Waals surface area contributed by atoms with E-state index in [9.17, 15) is 4.79 Å². The lowest BCUT2D eigenvalue weighted by molar-refractivity contribution is -0.116. The Morgan fingerprint density at radius 1 is 1.06 bits per heavy atom. The van der Waals surface area contributed by atoms with Crippen LogP contribution in [-0.4, -0.2) is 53.0 Å². The normalized spacial score (nSPS) is 13.3. The van der Waals surface area contributed by atoms with E-state index >= 15 is 0 Å². The molecule has 1 aliphatic heterocycles. The van der Waals surface area contributed by atoms with E-state index in [1.807, 2.05) is 24.6 Å². The zero-order valence-electron chi connectivity index (χ0n) is 19.6. The Hall–Kier alpha value is -3.62. The fourth-order valence-corrected chi connectivity index (χ4v) is 4.19. The third kappa shape index (κ3) is 4.92. The molecule has 0 radical (unpaired) electrons. The van der Waals surface area contributed by atoms with E-state index in [0.29, 0.717) is 30.0 Å². The molecule has 174 valence electrons. The van der Waals surface area contributed by atoms with Crippen molar-refractivity contribution in [3.05, 3.63) is 47.5 Å². The van der Waals surface area contributed by atoms with Crippen molar-refractivity contribution >= 4 is 17.4 Å². The highest BCUT2D eigenvalue weighted by Crippen LogP contribution is 2.29. The van der Waals surface area contributed by atoms with Crippen LogP contribution in [0.15, 0.2) is 30.6 Å². The van der Waals surface area contributed by atoms with E-state index in [2.05, 4.69) is 20.2 Å². The van der Waals surface area contributed by atoms with Gasteiger partial charge in [-0.05, 0) is 50.8 Å². The third-order valence-corrected chi connectivity index (χ3v) is 6.01. The quantitative estimate of drug-likeness (QED) is 0.562. The summed E-state index contributed by atoms with van der Waals surface area (Å²) < 4.78 is 12.4. The molecule has 3 aromatic rings. The number of methoxy groups -OCH3 is 2. The first-order valence-corrected chi connectivity index (χ1v) is 11.1. The Morgan fingerprint density at radius 3 is 2.55 bits per heavy atom. The van der Waals surface area contributed by atoms with E-state index in [0.717, 1.165) is 41.7 Å². The highest BCUT2D eigenvalue weighted by atomic mass is 16.5. The van der Waals surface area contributed by atoms with Crippen LogP contribution in [0.2, 0.25) is 0 Å². The largest absolute Gasteiger partial charge is 0.497 e. The highest BCUT2D eigenvalue weighted by molar-refractivity contribution is 5.92. The summed E-state index contributed by atoms with van der Waals surface area (Å²) in [6.45, 7) is 6.02. The van der Waals surface area contributed by atoms with E-state index in [-0.39, 0.29) is 5.91 Å². The van der Waals surface area contributed by atoms with Crippen molar-refractivity contribution in [2.45, 2.75) is 39.5 Å². The van der Waals surface area contributed by atoms with Crippen LogP contribution in [0, 0.1) is 13.8 Å². The molecule has 0 bridgehead atoms. The van der Waals surface area contributed by atoms with Crippen LogP contribution in [-0.2, 0) is 11.2 Å². The molecular formula is C24H30N6O3. The van der Waals surface area contributed by atoms with Gasteiger partial charge in [0.2, 0.25) is 5.91 Å². The molecule has 1 fully saturated rings. The molecule has 4 rings (SSSR count). The van der Waals surface area contributed by atoms with Crippen LogP contribution in [0.3, 0.4) is 0 Å². The standard InChI is InChI=1S/C24H30N6O3/c1-16-19(8-10-24(31)27-20-9-7-18(32-3)13-21(20)33-4)17(2)30(28-16)23-14-22(25-15-26-23)29-11-5-6-12-29/h7,9,13-15H,5-6,8,10-12H2,1-4H3,(H,27,31). The Bertz CT molecular complexity index is 1140. The molecule has 1 amide bonds.